The normalized spacial score (nSPS) is 13.8. The molecule has 174 valence electrons. The Bertz CT molecular complexity index is 1410. The maximum Gasteiger partial charge on any atom is 0.343 e. The van der Waals surface area contributed by atoms with Gasteiger partial charge in [-0.15, -0.1) is 0 Å². The number of rotatable bonds is 5. The number of nitriles is 2. The molecule has 6 N–H and O–H groups in total. The number of carbonyl (C=O) groups is 1. The number of nitrogen functional groups attached to an aromatic ring is 2. The summed E-state index contributed by atoms with van der Waals surface area (Å²) in [6.45, 7) is 2.11. The fraction of sp³-hybridized carbons (Fsp3) is 0.125. The number of aromatic nitrogens is 1. The predicted molar refractivity (Wildman–Crippen MR) is 128 cm³/mol. The Balaban J connectivity index is 1.79. The van der Waals surface area contributed by atoms with Crippen molar-refractivity contribution in [3.05, 3.63) is 70.8 Å². The molecular weight excluding hydrogens is 448 g/mol. The molecule has 0 spiro atoms. The molecule has 11 heteroatoms. The van der Waals surface area contributed by atoms with Gasteiger partial charge < -0.3 is 26.3 Å². The number of guanidine groups is 1. The van der Waals surface area contributed by atoms with Gasteiger partial charge in [0.25, 0.3) is 0 Å². The Morgan fingerprint density at radius 1 is 1.17 bits per heavy atom. The smallest absolute Gasteiger partial charge is 0.343 e. The molecular formula is C24H20N8O3. The van der Waals surface area contributed by atoms with Crippen molar-refractivity contribution in [1.82, 2.24) is 10.3 Å². The number of nitrogens with one attached hydrogen (secondary N) is 2. The molecule has 1 aliphatic heterocycles. The average molecular weight is 468 g/mol. The van der Waals surface area contributed by atoms with Crippen molar-refractivity contribution in [2.75, 3.05) is 23.4 Å². The number of hydrogen-bond donors (Lipinski definition) is 4. The number of nitrogens with two attached hydrogens (primary N) is 2. The van der Waals surface area contributed by atoms with E-state index in [1.807, 2.05) is 6.07 Å². The number of hydrogen-bond acceptors (Lipinski definition) is 11. The van der Waals surface area contributed by atoms with Gasteiger partial charge in [-0.3, -0.25) is 5.32 Å². The molecule has 11 nitrogen and oxygen atoms in total. The highest BCUT2D eigenvalue weighted by Crippen LogP contribution is 2.42. The SMILES string of the molecule is CCOc1cc(C2N=C(NC#N)Nc3nc(N)c(C#N)c(N)c32)ccc1OC(=O)c1ccccc1. The summed E-state index contributed by atoms with van der Waals surface area (Å²) in [5.74, 6) is 0.327. The summed E-state index contributed by atoms with van der Waals surface area (Å²) in [5.41, 5.74) is 13.7. The van der Waals surface area contributed by atoms with Gasteiger partial charge in [0.05, 0.1) is 17.9 Å². The Morgan fingerprint density at radius 2 is 1.94 bits per heavy atom. The molecule has 0 saturated carbocycles. The van der Waals surface area contributed by atoms with Crippen LogP contribution in [0, 0.1) is 22.8 Å². The zero-order valence-electron chi connectivity index (χ0n) is 18.6. The number of ether oxygens (including phenoxy) is 2. The van der Waals surface area contributed by atoms with Crippen LogP contribution in [0.5, 0.6) is 11.5 Å². The molecule has 0 aliphatic carbocycles. The van der Waals surface area contributed by atoms with Crippen LogP contribution in [0.15, 0.2) is 53.5 Å². The summed E-state index contributed by atoms with van der Waals surface area (Å²) >= 11 is 0. The van der Waals surface area contributed by atoms with Crippen LogP contribution >= 0.6 is 0 Å². The summed E-state index contributed by atoms with van der Waals surface area (Å²) in [6, 6.07) is 14.7. The van der Waals surface area contributed by atoms with Gasteiger partial charge in [0, 0.05) is 5.56 Å². The molecule has 0 radical (unpaired) electrons. The first kappa shape index (κ1) is 22.9. The van der Waals surface area contributed by atoms with E-state index in [1.165, 1.54) is 0 Å². The maximum absolute atomic E-state index is 12.6. The van der Waals surface area contributed by atoms with E-state index in [4.69, 9.17) is 26.2 Å². The Labute approximate surface area is 200 Å². The number of fused-ring (bicyclic) bond motifs is 1. The number of anilines is 3. The summed E-state index contributed by atoms with van der Waals surface area (Å²) < 4.78 is 11.3. The summed E-state index contributed by atoms with van der Waals surface area (Å²) in [4.78, 5) is 21.3. The first-order chi connectivity index (χ1) is 17.0. The standard InChI is InChI=1S/C24H20N8O3/c1-2-34-17-10-14(8-9-16(17)35-23(33)13-6-4-3-5-7-13)20-18-19(27)15(11-25)21(28)31-22(18)32-24(30-20)29-12-26/h3-10,20H,2H2,1H3,(H6,27,28,29,30,31,32). The number of benzene rings is 2. The largest absolute Gasteiger partial charge is 0.490 e. The van der Waals surface area contributed by atoms with Crippen LogP contribution in [0.2, 0.25) is 0 Å². The fourth-order valence-corrected chi connectivity index (χ4v) is 3.60. The van der Waals surface area contributed by atoms with E-state index in [0.717, 1.165) is 0 Å². The van der Waals surface area contributed by atoms with Crippen molar-refractivity contribution in [1.29, 1.82) is 10.5 Å². The Kier molecular flexibility index (Phi) is 6.33. The molecule has 0 saturated heterocycles. The molecule has 2 heterocycles. The zero-order valence-corrected chi connectivity index (χ0v) is 18.6. The summed E-state index contributed by atoms with van der Waals surface area (Å²) in [5, 5.41) is 23.9. The van der Waals surface area contributed by atoms with Crippen LogP contribution in [-0.4, -0.2) is 23.5 Å². The van der Waals surface area contributed by atoms with Gasteiger partial charge >= 0.3 is 5.97 Å². The van der Waals surface area contributed by atoms with Gasteiger partial charge in [0.15, 0.2) is 17.7 Å². The lowest BCUT2D eigenvalue weighted by Crippen LogP contribution is -2.32. The minimum absolute atomic E-state index is 0.0286. The second-order valence-electron chi connectivity index (χ2n) is 7.30. The van der Waals surface area contributed by atoms with E-state index in [9.17, 15) is 10.1 Å². The van der Waals surface area contributed by atoms with E-state index in [1.54, 1.807) is 61.6 Å². The van der Waals surface area contributed by atoms with E-state index < -0.39 is 12.0 Å². The van der Waals surface area contributed by atoms with Crippen molar-refractivity contribution >= 4 is 29.3 Å². The van der Waals surface area contributed by atoms with Crippen LogP contribution in [0.4, 0.5) is 17.3 Å². The summed E-state index contributed by atoms with van der Waals surface area (Å²) in [7, 11) is 0. The third kappa shape index (κ3) is 4.47. The second-order valence-corrected chi connectivity index (χ2v) is 7.30. The van der Waals surface area contributed by atoms with Gasteiger partial charge in [-0.05, 0) is 36.8 Å². The van der Waals surface area contributed by atoms with Crippen molar-refractivity contribution in [2.45, 2.75) is 13.0 Å². The lowest BCUT2D eigenvalue weighted by Gasteiger charge is -2.26. The molecule has 0 amide bonds. The Hall–Kier alpha value is -5.29. The van der Waals surface area contributed by atoms with Crippen molar-refractivity contribution in [3.63, 3.8) is 0 Å². The van der Waals surface area contributed by atoms with E-state index in [0.29, 0.717) is 29.0 Å². The number of pyridine rings is 1. The minimum Gasteiger partial charge on any atom is -0.490 e. The second kappa shape index (κ2) is 9.68. The molecule has 1 aliphatic rings. The first-order valence-electron chi connectivity index (χ1n) is 10.5. The highest BCUT2D eigenvalue weighted by molar-refractivity contribution is 5.98. The predicted octanol–water partition coefficient (Wildman–Crippen LogP) is 2.68. The molecule has 3 aromatic rings. The van der Waals surface area contributed by atoms with Gasteiger partial charge in [-0.25, -0.2) is 14.8 Å². The highest BCUT2D eigenvalue weighted by atomic mass is 16.6. The van der Waals surface area contributed by atoms with E-state index in [2.05, 4.69) is 20.6 Å². The number of esters is 1. The lowest BCUT2D eigenvalue weighted by molar-refractivity contribution is 0.0728. The molecule has 0 bridgehead atoms. The maximum atomic E-state index is 12.6. The Morgan fingerprint density at radius 3 is 2.63 bits per heavy atom. The zero-order chi connectivity index (χ0) is 24.9. The lowest BCUT2D eigenvalue weighted by atomic mass is 9.95. The molecule has 35 heavy (non-hydrogen) atoms. The van der Waals surface area contributed by atoms with Crippen LogP contribution in [0.25, 0.3) is 0 Å². The van der Waals surface area contributed by atoms with Crippen LogP contribution in [0.3, 0.4) is 0 Å². The van der Waals surface area contributed by atoms with Crippen LogP contribution in [0.1, 0.15) is 40.0 Å². The third-order valence-corrected chi connectivity index (χ3v) is 5.15. The van der Waals surface area contributed by atoms with Crippen molar-refractivity contribution in [2.24, 2.45) is 4.99 Å². The molecule has 0 fully saturated rings. The average Bonchev–Trinajstić information content (AvgIpc) is 2.85. The monoisotopic (exact) mass is 468 g/mol. The number of carbonyl (C=O) groups excluding carboxylic acids is 1. The molecule has 1 aromatic heterocycles. The van der Waals surface area contributed by atoms with Gasteiger partial charge in [-0.1, -0.05) is 24.3 Å². The molecule has 1 unspecified atom stereocenters. The van der Waals surface area contributed by atoms with Gasteiger partial charge in [0.2, 0.25) is 5.96 Å². The van der Waals surface area contributed by atoms with E-state index >= 15 is 0 Å². The van der Waals surface area contributed by atoms with E-state index in [-0.39, 0.29) is 34.6 Å². The van der Waals surface area contributed by atoms with Crippen molar-refractivity contribution in [3.8, 4) is 23.8 Å². The van der Waals surface area contributed by atoms with Crippen molar-refractivity contribution < 1.29 is 14.3 Å². The van der Waals surface area contributed by atoms with Gasteiger partial charge in [0.1, 0.15) is 29.3 Å². The topological polar surface area (TPSA) is 184 Å². The molecule has 1 atom stereocenters. The first-order valence-corrected chi connectivity index (χ1v) is 10.5. The number of nitrogens with zero attached hydrogens (tertiary/aromatic N) is 4. The molecule has 2 aromatic carbocycles. The van der Waals surface area contributed by atoms with Crippen LogP contribution < -0.4 is 31.6 Å². The third-order valence-electron chi connectivity index (χ3n) is 5.15. The number of aliphatic imine (C=N–C) groups is 1. The minimum atomic E-state index is -0.764. The summed E-state index contributed by atoms with van der Waals surface area (Å²) in [6.07, 6.45) is 1.80. The quantitative estimate of drug-likeness (QED) is 0.188. The highest BCUT2D eigenvalue weighted by Gasteiger charge is 2.30. The van der Waals surface area contributed by atoms with Crippen LogP contribution in [-0.2, 0) is 0 Å². The molecule has 4 rings (SSSR count). The fourth-order valence-electron chi connectivity index (χ4n) is 3.60. The van der Waals surface area contributed by atoms with Gasteiger partial charge in [-0.2, -0.15) is 10.5 Å².